The lowest BCUT2D eigenvalue weighted by molar-refractivity contribution is 0.300. The fourth-order valence-corrected chi connectivity index (χ4v) is 1.55. The van der Waals surface area contributed by atoms with E-state index in [4.69, 9.17) is 0 Å². The first-order chi connectivity index (χ1) is 4.84. The largest absolute Gasteiger partial charge is 0.297 e. The van der Waals surface area contributed by atoms with Crippen LogP contribution in [0.5, 0.6) is 0 Å². The predicted molar refractivity (Wildman–Crippen MR) is 45.1 cm³/mol. The van der Waals surface area contributed by atoms with Crippen molar-refractivity contribution in [3.63, 3.8) is 0 Å². The molecule has 0 saturated carbocycles. The van der Waals surface area contributed by atoms with E-state index < -0.39 is 0 Å². The monoisotopic (exact) mass is 139 g/mol. The molecule has 0 aromatic carbocycles. The minimum atomic E-state index is 0.660. The van der Waals surface area contributed by atoms with Crippen molar-refractivity contribution in [1.29, 1.82) is 0 Å². The Balaban J connectivity index is 2.32. The van der Waals surface area contributed by atoms with Gasteiger partial charge in [0, 0.05) is 6.04 Å². The van der Waals surface area contributed by atoms with Crippen molar-refractivity contribution in [3.8, 4) is 0 Å². The van der Waals surface area contributed by atoms with Crippen molar-refractivity contribution >= 4 is 0 Å². The molecule has 1 aliphatic heterocycles. The summed E-state index contributed by atoms with van der Waals surface area (Å²) in [5.74, 6) is 0. The molecule has 0 bridgehead atoms. The third kappa shape index (κ3) is 1.84. The van der Waals surface area contributed by atoms with Crippen LogP contribution in [0.3, 0.4) is 0 Å². The molecule has 1 heterocycles. The van der Waals surface area contributed by atoms with Gasteiger partial charge in [-0.25, -0.2) is 0 Å². The van der Waals surface area contributed by atoms with Crippen LogP contribution in [0.15, 0.2) is 12.2 Å². The van der Waals surface area contributed by atoms with Gasteiger partial charge in [0.05, 0.1) is 0 Å². The molecule has 0 N–H and O–H groups in total. The molecule has 0 radical (unpaired) electrons. The van der Waals surface area contributed by atoms with E-state index in [2.05, 4.69) is 30.9 Å². The first-order valence-electron chi connectivity index (χ1n) is 4.21. The quantitative estimate of drug-likeness (QED) is 0.529. The van der Waals surface area contributed by atoms with Gasteiger partial charge in [0.25, 0.3) is 0 Å². The van der Waals surface area contributed by atoms with Crippen LogP contribution in [0.2, 0.25) is 0 Å². The Kier molecular flexibility index (Phi) is 2.94. The summed E-state index contributed by atoms with van der Waals surface area (Å²) >= 11 is 0. The third-order valence-corrected chi connectivity index (χ3v) is 2.19. The normalized spacial score (nSPS) is 24.2. The summed E-state index contributed by atoms with van der Waals surface area (Å²) < 4.78 is 0. The Morgan fingerprint density at radius 3 is 2.40 bits per heavy atom. The lowest BCUT2D eigenvalue weighted by Gasteiger charge is -2.19. The highest BCUT2D eigenvalue weighted by molar-refractivity contribution is 4.90. The van der Waals surface area contributed by atoms with E-state index in [0.717, 1.165) is 0 Å². The second-order valence-electron chi connectivity index (χ2n) is 3.01. The number of rotatable bonds is 2. The molecule has 0 aromatic heterocycles. The van der Waals surface area contributed by atoms with Crippen molar-refractivity contribution in [3.05, 3.63) is 12.2 Å². The van der Waals surface area contributed by atoms with Crippen LogP contribution in [0.1, 0.15) is 26.7 Å². The van der Waals surface area contributed by atoms with Gasteiger partial charge in [-0.15, -0.1) is 0 Å². The van der Waals surface area contributed by atoms with E-state index in [1.807, 2.05) is 0 Å². The molecular formula is C9H17N. The van der Waals surface area contributed by atoms with Crippen molar-refractivity contribution in [2.75, 3.05) is 13.1 Å². The summed E-state index contributed by atoms with van der Waals surface area (Å²) in [5.41, 5.74) is 0. The Bertz CT molecular complexity index is 112. The number of nitrogens with zero attached hydrogens (tertiary/aromatic N) is 1. The lowest BCUT2D eigenvalue weighted by Crippen LogP contribution is -2.27. The minimum absolute atomic E-state index is 0.660. The van der Waals surface area contributed by atoms with Crippen LogP contribution in [0.25, 0.3) is 0 Å². The van der Waals surface area contributed by atoms with Gasteiger partial charge in [-0.3, -0.25) is 4.90 Å². The maximum absolute atomic E-state index is 2.53. The molecule has 1 rings (SSSR count). The Labute approximate surface area is 63.7 Å². The average molecular weight is 139 g/mol. The van der Waals surface area contributed by atoms with E-state index in [1.165, 1.54) is 25.9 Å². The zero-order valence-corrected chi connectivity index (χ0v) is 7.01. The van der Waals surface area contributed by atoms with Gasteiger partial charge >= 0.3 is 0 Å². The summed E-state index contributed by atoms with van der Waals surface area (Å²) in [6.45, 7) is 6.95. The van der Waals surface area contributed by atoms with Crippen LogP contribution in [0, 0.1) is 0 Å². The molecule has 1 saturated heterocycles. The van der Waals surface area contributed by atoms with E-state index in [0.29, 0.717) is 6.04 Å². The molecule has 0 unspecified atom stereocenters. The van der Waals surface area contributed by atoms with Crippen LogP contribution in [-0.4, -0.2) is 24.0 Å². The summed E-state index contributed by atoms with van der Waals surface area (Å²) in [5, 5.41) is 0. The summed E-state index contributed by atoms with van der Waals surface area (Å²) in [7, 11) is 0. The van der Waals surface area contributed by atoms with Gasteiger partial charge in [-0.05, 0) is 39.8 Å². The SMILES string of the molecule is C/C=C\[C@@H](C)N1CCCC1. The zero-order chi connectivity index (χ0) is 7.40. The van der Waals surface area contributed by atoms with Crippen molar-refractivity contribution in [1.82, 2.24) is 4.90 Å². The van der Waals surface area contributed by atoms with E-state index in [1.54, 1.807) is 0 Å². The number of likely N-dealkylation sites (tertiary alicyclic amines) is 1. The molecule has 1 fully saturated rings. The lowest BCUT2D eigenvalue weighted by atomic mass is 10.3. The predicted octanol–water partition coefficient (Wildman–Crippen LogP) is 2.05. The molecule has 0 aliphatic carbocycles. The molecule has 58 valence electrons. The van der Waals surface area contributed by atoms with Gasteiger partial charge in [0.2, 0.25) is 0 Å². The highest BCUT2D eigenvalue weighted by atomic mass is 15.2. The topological polar surface area (TPSA) is 3.24 Å². The zero-order valence-electron chi connectivity index (χ0n) is 7.01. The van der Waals surface area contributed by atoms with Crippen LogP contribution in [0.4, 0.5) is 0 Å². The fraction of sp³-hybridized carbons (Fsp3) is 0.778. The van der Waals surface area contributed by atoms with Gasteiger partial charge in [-0.1, -0.05) is 12.2 Å². The second kappa shape index (κ2) is 3.77. The van der Waals surface area contributed by atoms with Crippen molar-refractivity contribution in [2.45, 2.75) is 32.7 Å². The molecule has 1 heteroatoms. The number of hydrogen-bond acceptors (Lipinski definition) is 1. The number of hydrogen-bond donors (Lipinski definition) is 0. The maximum Gasteiger partial charge on any atom is 0.0249 e. The first-order valence-corrected chi connectivity index (χ1v) is 4.21. The van der Waals surface area contributed by atoms with E-state index in [-0.39, 0.29) is 0 Å². The van der Waals surface area contributed by atoms with Crippen molar-refractivity contribution in [2.24, 2.45) is 0 Å². The molecule has 1 atom stereocenters. The Morgan fingerprint density at radius 1 is 1.30 bits per heavy atom. The van der Waals surface area contributed by atoms with Crippen LogP contribution in [-0.2, 0) is 0 Å². The third-order valence-electron chi connectivity index (χ3n) is 2.19. The minimum Gasteiger partial charge on any atom is -0.297 e. The van der Waals surface area contributed by atoms with E-state index in [9.17, 15) is 0 Å². The first kappa shape index (κ1) is 7.80. The van der Waals surface area contributed by atoms with Crippen molar-refractivity contribution < 1.29 is 0 Å². The van der Waals surface area contributed by atoms with E-state index >= 15 is 0 Å². The summed E-state index contributed by atoms with van der Waals surface area (Å²) in [6.07, 6.45) is 7.19. The van der Waals surface area contributed by atoms with Gasteiger partial charge in [0.1, 0.15) is 0 Å². The fourth-order valence-electron chi connectivity index (χ4n) is 1.55. The number of allylic oxidation sites excluding steroid dienone is 1. The van der Waals surface area contributed by atoms with Gasteiger partial charge in [-0.2, -0.15) is 0 Å². The van der Waals surface area contributed by atoms with Crippen LogP contribution < -0.4 is 0 Å². The average Bonchev–Trinajstić information content (AvgIpc) is 2.38. The molecular weight excluding hydrogens is 122 g/mol. The highest BCUT2D eigenvalue weighted by Crippen LogP contribution is 2.11. The smallest absolute Gasteiger partial charge is 0.0249 e. The Morgan fingerprint density at radius 2 is 1.90 bits per heavy atom. The van der Waals surface area contributed by atoms with Gasteiger partial charge < -0.3 is 0 Å². The summed E-state index contributed by atoms with van der Waals surface area (Å²) in [6, 6.07) is 0.660. The van der Waals surface area contributed by atoms with Gasteiger partial charge in [0.15, 0.2) is 0 Å². The second-order valence-corrected chi connectivity index (χ2v) is 3.01. The molecule has 0 spiro atoms. The molecule has 1 nitrogen and oxygen atoms in total. The molecule has 10 heavy (non-hydrogen) atoms. The maximum atomic E-state index is 2.53. The molecule has 0 amide bonds. The standard InChI is InChI=1S/C9H17N/c1-3-6-9(2)10-7-4-5-8-10/h3,6,9H,4-5,7-8H2,1-2H3/b6-3-/t9-/m1/s1. The highest BCUT2D eigenvalue weighted by Gasteiger charge is 2.14. The molecule has 1 aliphatic rings. The molecule has 0 aromatic rings. The van der Waals surface area contributed by atoms with Crippen LogP contribution >= 0.6 is 0 Å². The summed E-state index contributed by atoms with van der Waals surface area (Å²) in [4.78, 5) is 2.53. The Hall–Kier alpha value is -0.300.